The number of benzene rings is 1. The molecule has 0 aliphatic carbocycles. The normalized spacial score (nSPS) is 22.7. The number of nitrogens with zero attached hydrogens (tertiary/aromatic N) is 2. The van der Waals surface area contributed by atoms with Gasteiger partial charge in [0, 0.05) is 24.6 Å². The van der Waals surface area contributed by atoms with Crippen LogP contribution < -0.4 is 0 Å². The summed E-state index contributed by atoms with van der Waals surface area (Å²) >= 11 is 0. The predicted molar refractivity (Wildman–Crippen MR) is 84.5 cm³/mol. The summed E-state index contributed by atoms with van der Waals surface area (Å²) < 4.78 is 27.3. The minimum atomic E-state index is -4.04. The van der Waals surface area contributed by atoms with Crippen molar-refractivity contribution in [1.82, 2.24) is 4.31 Å². The van der Waals surface area contributed by atoms with Crippen LogP contribution in [0.4, 0.5) is 5.69 Å². The number of hydrogen-bond acceptors (Lipinski definition) is 5. The maximum Gasteiger partial charge on any atom is 0.289 e. The lowest BCUT2D eigenvalue weighted by Crippen LogP contribution is -2.49. The van der Waals surface area contributed by atoms with Crippen LogP contribution in [0.1, 0.15) is 39.5 Å². The average molecular weight is 340 g/mol. The number of hydrogen-bond donors (Lipinski definition) is 0. The third kappa shape index (κ3) is 3.59. The predicted octanol–water partition coefficient (Wildman–Crippen LogP) is 2.51. The topological polar surface area (TPSA) is 97.6 Å². The van der Waals surface area contributed by atoms with Crippen LogP contribution in [0.15, 0.2) is 29.2 Å². The number of ketones is 1. The average Bonchev–Trinajstić information content (AvgIpc) is 2.46. The van der Waals surface area contributed by atoms with E-state index in [0.29, 0.717) is 12.8 Å². The summed E-state index contributed by atoms with van der Waals surface area (Å²) in [6.45, 7) is 3.20. The van der Waals surface area contributed by atoms with Crippen molar-refractivity contribution in [1.29, 1.82) is 0 Å². The second-order valence-corrected chi connectivity index (χ2v) is 7.71. The molecule has 1 aliphatic heterocycles. The molecule has 0 saturated carbocycles. The van der Waals surface area contributed by atoms with E-state index in [1.54, 1.807) is 6.92 Å². The molecule has 1 fully saturated rings. The Morgan fingerprint density at radius 1 is 1.35 bits per heavy atom. The molecular formula is C15H20N2O5S. The second-order valence-electron chi connectivity index (χ2n) is 5.90. The molecular weight excluding hydrogens is 320 g/mol. The summed E-state index contributed by atoms with van der Waals surface area (Å²) in [7, 11) is -4.04. The van der Waals surface area contributed by atoms with Gasteiger partial charge in [0.15, 0.2) is 4.90 Å². The van der Waals surface area contributed by atoms with Gasteiger partial charge < -0.3 is 0 Å². The van der Waals surface area contributed by atoms with Crippen molar-refractivity contribution in [2.75, 3.05) is 0 Å². The SMILES string of the molecule is CC(=O)C[C@H]1CCC[C@@H](C)N1S(=O)(=O)c1ccccc1[N+](=O)[O-]. The van der Waals surface area contributed by atoms with E-state index in [4.69, 9.17) is 0 Å². The molecule has 2 atom stereocenters. The quantitative estimate of drug-likeness (QED) is 0.606. The van der Waals surface area contributed by atoms with Gasteiger partial charge in [-0.2, -0.15) is 4.31 Å². The van der Waals surface area contributed by atoms with Gasteiger partial charge in [0.25, 0.3) is 5.69 Å². The third-order valence-electron chi connectivity index (χ3n) is 4.09. The molecule has 1 heterocycles. The van der Waals surface area contributed by atoms with Gasteiger partial charge in [-0.25, -0.2) is 8.42 Å². The Labute approximate surface area is 135 Å². The number of nitro benzene ring substituents is 1. The highest BCUT2D eigenvalue weighted by molar-refractivity contribution is 7.89. The molecule has 0 unspecified atom stereocenters. The molecule has 0 N–H and O–H groups in total. The van der Waals surface area contributed by atoms with E-state index in [0.717, 1.165) is 6.42 Å². The largest absolute Gasteiger partial charge is 0.300 e. The van der Waals surface area contributed by atoms with E-state index in [1.165, 1.54) is 35.5 Å². The first-order valence-corrected chi connectivity index (χ1v) is 8.95. The maximum atomic E-state index is 13.0. The molecule has 0 bridgehead atoms. The minimum Gasteiger partial charge on any atom is -0.300 e. The number of rotatable bonds is 5. The number of carbonyl (C=O) groups is 1. The smallest absolute Gasteiger partial charge is 0.289 e. The van der Waals surface area contributed by atoms with Gasteiger partial charge in [-0.05, 0) is 32.8 Å². The first kappa shape index (κ1) is 17.6. The summed E-state index contributed by atoms with van der Waals surface area (Å²) in [6, 6.07) is 4.60. The molecule has 2 rings (SSSR count). The van der Waals surface area contributed by atoms with Crippen LogP contribution in [0.2, 0.25) is 0 Å². The molecule has 7 nitrogen and oxygen atoms in total. The van der Waals surface area contributed by atoms with Crippen LogP contribution in [0.5, 0.6) is 0 Å². The molecule has 126 valence electrons. The molecule has 23 heavy (non-hydrogen) atoms. The highest BCUT2D eigenvalue weighted by atomic mass is 32.2. The van der Waals surface area contributed by atoms with Crippen LogP contribution in [0, 0.1) is 10.1 Å². The van der Waals surface area contributed by atoms with Crippen molar-refractivity contribution in [3.63, 3.8) is 0 Å². The Balaban J connectivity index is 2.51. The van der Waals surface area contributed by atoms with Gasteiger partial charge in [-0.1, -0.05) is 18.6 Å². The Morgan fingerprint density at radius 2 is 2.00 bits per heavy atom. The van der Waals surface area contributed by atoms with Gasteiger partial charge in [-0.15, -0.1) is 0 Å². The van der Waals surface area contributed by atoms with Gasteiger partial charge >= 0.3 is 0 Å². The molecule has 1 aromatic rings. The zero-order valence-electron chi connectivity index (χ0n) is 13.1. The number of Topliss-reactive ketones (excluding diaryl/α,β-unsaturated/α-hetero) is 1. The van der Waals surface area contributed by atoms with E-state index in [-0.39, 0.29) is 23.1 Å². The lowest BCUT2D eigenvalue weighted by Gasteiger charge is -2.39. The summed E-state index contributed by atoms with van der Waals surface area (Å²) in [6.07, 6.45) is 2.23. The highest BCUT2D eigenvalue weighted by Gasteiger charge is 2.40. The first-order valence-electron chi connectivity index (χ1n) is 7.51. The zero-order chi connectivity index (χ0) is 17.2. The van der Waals surface area contributed by atoms with E-state index < -0.39 is 26.7 Å². The van der Waals surface area contributed by atoms with Crippen LogP contribution in [0.3, 0.4) is 0 Å². The van der Waals surface area contributed by atoms with Crippen LogP contribution in [-0.2, 0) is 14.8 Å². The van der Waals surface area contributed by atoms with Crippen molar-refractivity contribution in [2.24, 2.45) is 0 Å². The lowest BCUT2D eigenvalue weighted by molar-refractivity contribution is -0.387. The summed E-state index contributed by atoms with van der Waals surface area (Å²) in [4.78, 5) is 21.6. The summed E-state index contributed by atoms with van der Waals surface area (Å²) in [5, 5.41) is 11.2. The van der Waals surface area contributed by atoms with Crippen molar-refractivity contribution >= 4 is 21.5 Å². The second kappa shape index (κ2) is 6.76. The fourth-order valence-corrected chi connectivity index (χ4v) is 5.20. The van der Waals surface area contributed by atoms with Crippen LogP contribution >= 0.6 is 0 Å². The number of para-hydroxylation sites is 1. The molecule has 0 radical (unpaired) electrons. The standard InChI is InChI=1S/C15H20N2O5S/c1-11-6-5-7-13(10-12(2)18)16(11)23(21,22)15-9-4-3-8-14(15)17(19)20/h3-4,8-9,11,13H,5-7,10H2,1-2H3/t11-,13-/m1/s1. The van der Waals surface area contributed by atoms with Crippen LogP contribution in [-0.4, -0.2) is 35.5 Å². The van der Waals surface area contributed by atoms with Gasteiger partial charge in [0.1, 0.15) is 5.78 Å². The molecule has 0 amide bonds. The zero-order valence-corrected chi connectivity index (χ0v) is 14.0. The third-order valence-corrected chi connectivity index (χ3v) is 6.21. The summed E-state index contributed by atoms with van der Waals surface area (Å²) in [5.74, 6) is -0.0909. The Hall–Kier alpha value is -1.80. The maximum absolute atomic E-state index is 13.0. The van der Waals surface area contributed by atoms with Gasteiger partial charge in [0.05, 0.1) is 4.92 Å². The van der Waals surface area contributed by atoms with E-state index in [1.807, 2.05) is 0 Å². The van der Waals surface area contributed by atoms with Crippen molar-refractivity contribution in [3.05, 3.63) is 34.4 Å². The Bertz CT molecular complexity index is 716. The molecule has 1 aromatic carbocycles. The molecule has 0 aromatic heterocycles. The number of piperidine rings is 1. The van der Waals surface area contributed by atoms with Crippen molar-refractivity contribution in [3.8, 4) is 0 Å². The van der Waals surface area contributed by atoms with Gasteiger partial charge in [-0.3, -0.25) is 14.9 Å². The highest BCUT2D eigenvalue weighted by Crippen LogP contribution is 2.34. The Morgan fingerprint density at radius 3 is 2.61 bits per heavy atom. The minimum absolute atomic E-state index is 0.0909. The van der Waals surface area contributed by atoms with E-state index in [2.05, 4.69) is 0 Å². The van der Waals surface area contributed by atoms with E-state index in [9.17, 15) is 23.3 Å². The monoisotopic (exact) mass is 340 g/mol. The van der Waals surface area contributed by atoms with Gasteiger partial charge in [0.2, 0.25) is 10.0 Å². The van der Waals surface area contributed by atoms with Crippen LogP contribution in [0.25, 0.3) is 0 Å². The molecule has 0 spiro atoms. The molecule has 1 saturated heterocycles. The fourth-order valence-electron chi connectivity index (χ4n) is 3.16. The van der Waals surface area contributed by atoms with E-state index >= 15 is 0 Å². The summed E-state index contributed by atoms with van der Waals surface area (Å²) in [5.41, 5.74) is -0.438. The lowest BCUT2D eigenvalue weighted by atomic mass is 9.96. The molecule has 8 heteroatoms. The van der Waals surface area contributed by atoms with Crippen molar-refractivity contribution in [2.45, 2.75) is 56.5 Å². The first-order chi connectivity index (χ1) is 10.7. The Kier molecular flexibility index (Phi) is 5.16. The number of carbonyl (C=O) groups excluding carboxylic acids is 1. The number of sulfonamides is 1. The molecule has 1 aliphatic rings. The van der Waals surface area contributed by atoms with Crippen molar-refractivity contribution < 1.29 is 18.1 Å². The fraction of sp³-hybridized carbons (Fsp3) is 0.533. The number of nitro groups is 1.